The standard InChI is InChI=1S/C26H21N3O6/c1-2-33-25(30)22-15-35-24(28-22)17-5-3-4-16(10-17)13-29(26(31)32)19-6-7-21-20-8-9-27-12-18(20)14-34-23(21)11-19/h3-12,15H,2,13-14H2,1H3,(H,31,32). The summed E-state index contributed by atoms with van der Waals surface area (Å²) in [5.74, 6) is 0.295. The minimum Gasteiger partial charge on any atom is -0.488 e. The van der Waals surface area contributed by atoms with E-state index in [1.807, 2.05) is 18.2 Å². The summed E-state index contributed by atoms with van der Waals surface area (Å²) >= 11 is 0. The number of carboxylic acid groups (broad SMARTS) is 1. The number of fused-ring (bicyclic) bond motifs is 3. The number of hydrogen-bond acceptors (Lipinski definition) is 7. The monoisotopic (exact) mass is 471 g/mol. The zero-order valence-corrected chi connectivity index (χ0v) is 18.8. The number of carbonyl (C=O) groups is 2. The van der Waals surface area contributed by atoms with Crippen LogP contribution in [0.3, 0.4) is 0 Å². The average molecular weight is 471 g/mol. The number of amides is 1. The second-order valence-electron chi connectivity index (χ2n) is 7.83. The lowest BCUT2D eigenvalue weighted by molar-refractivity contribution is 0.0519. The Morgan fingerprint density at radius 3 is 2.86 bits per heavy atom. The largest absolute Gasteiger partial charge is 0.488 e. The SMILES string of the molecule is CCOC(=O)c1coc(-c2cccc(CN(C(=O)O)c3ccc4c(c3)OCc3cnccc3-4)c2)n1. The predicted molar refractivity (Wildman–Crippen MR) is 126 cm³/mol. The van der Waals surface area contributed by atoms with Gasteiger partial charge in [-0.3, -0.25) is 9.88 Å². The van der Waals surface area contributed by atoms with Gasteiger partial charge >= 0.3 is 12.1 Å². The molecule has 0 saturated carbocycles. The number of aromatic nitrogens is 2. The third-order valence-electron chi connectivity index (χ3n) is 5.59. The molecule has 9 nitrogen and oxygen atoms in total. The molecular weight excluding hydrogens is 450 g/mol. The molecule has 5 rings (SSSR count). The smallest absolute Gasteiger partial charge is 0.412 e. The van der Waals surface area contributed by atoms with E-state index in [1.54, 1.807) is 49.6 Å². The highest BCUT2D eigenvalue weighted by Crippen LogP contribution is 2.39. The summed E-state index contributed by atoms with van der Waals surface area (Å²) in [6, 6.07) is 14.4. The van der Waals surface area contributed by atoms with Gasteiger partial charge < -0.3 is 19.0 Å². The summed E-state index contributed by atoms with van der Waals surface area (Å²) in [5.41, 5.74) is 4.79. The molecule has 0 atom stereocenters. The molecule has 0 spiro atoms. The number of carbonyl (C=O) groups excluding carboxylic acids is 1. The molecule has 35 heavy (non-hydrogen) atoms. The molecular formula is C26H21N3O6. The van der Waals surface area contributed by atoms with E-state index in [-0.39, 0.29) is 24.7 Å². The van der Waals surface area contributed by atoms with E-state index in [9.17, 15) is 14.7 Å². The fourth-order valence-electron chi connectivity index (χ4n) is 3.94. The van der Waals surface area contributed by atoms with Crippen LogP contribution in [0.25, 0.3) is 22.6 Å². The molecule has 1 aliphatic heterocycles. The molecule has 1 amide bonds. The van der Waals surface area contributed by atoms with Gasteiger partial charge in [-0.1, -0.05) is 12.1 Å². The molecule has 0 radical (unpaired) electrons. The summed E-state index contributed by atoms with van der Waals surface area (Å²) in [6.07, 6.45) is 3.63. The lowest BCUT2D eigenvalue weighted by Crippen LogP contribution is -2.28. The van der Waals surface area contributed by atoms with Crippen LogP contribution in [0.2, 0.25) is 0 Å². The highest BCUT2D eigenvalue weighted by Gasteiger charge is 2.22. The van der Waals surface area contributed by atoms with Gasteiger partial charge in [-0.05, 0) is 48.4 Å². The Morgan fingerprint density at radius 2 is 2.03 bits per heavy atom. The van der Waals surface area contributed by atoms with Crippen molar-refractivity contribution in [3.63, 3.8) is 0 Å². The highest BCUT2D eigenvalue weighted by molar-refractivity contribution is 5.88. The first-order chi connectivity index (χ1) is 17.0. The number of oxazole rings is 1. The number of anilines is 1. The van der Waals surface area contributed by atoms with Gasteiger partial charge in [-0.15, -0.1) is 0 Å². The molecule has 0 saturated heterocycles. The van der Waals surface area contributed by atoms with Crippen molar-refractivity contribution >= 4 is 17.7 Å². The maximum atomic E-state index is 12.2. The Balaban J connectivity index is 1.40. The van der Waals surface area contributed by atoms with E-state index in [2.05, 4.69) is 9.97 Å². The summed E-state index contributed by atoms with van der Waals surface area (Å²) in [4.78, 5) is 33.6. The molecule has 1 N–H and O–H groups in total. The van der Waals surface area contributed by atoms with Gasteiger partial charge in [0.15, 0.2) is 5.69 Å². The maximum Gasteiger partial charge on any atom is 0.412 e. The first-order valence-corrected chi connectivity index (χ1v) is 11.0. The van der Waals surface area contributed by atoms with Crippen LogP contribution in [-0.2, 0) is 17.9 Å². The Hall–Kier alpha value is -4.66. The van der Waals surface area contributed by atoms with E-state index in [0.29, 0.717) is 23.6 Å². The van der Waals surface area contributed by atoms with Crippen molar-refractivity contribution in [2.24, 2.45) is 0 Å². The van der Waals surface area contributed by atoms with Gasteiger partial charge in [0.1, 0.15) is 18.6 Å². The van der Waals surface area contributed by atoms with Crippen LogP contribution in [0.4, 0.5) is 10.5 Å². The molecule has 2 aromatic carbocycles. The maximum absolute atomic E-state index is 12.2. The van der Waals surface area contributed by atoms with Crippen molar-refractivity contribution in [2.45, 2.75) is 20.1 Å². The first-order valence-electron chi connectivity index (χ1n) is 11.0. The normalized spacial score (nSPS) is 11.7. The van der Waals surface area contributed by atoms with E-state index in [0.717, 1.165) is 22.3 Å². The van der Waals surface area contributed by atoms with Crippen molar-refractivity contribution in [1.29, 1.82) is 0 Å². The number of esters is 1. The van der Waals surface area contributed by atoms with Crippen LogP contribution < -0.4 is 9.64 Å². The molecule has 0 unspecified atom stereocenters. The number of pyridine rings is 1. The Bertz CT molecular complexity index is 1410. The number of ether oxygens (including phenoxy) is 2. The van der Waals surface area contributed by atoms with Gasteiger partial charge in [0.25, 0.3) is 0 Å². The molecule has 3 heterocycles. The van der Waals surface area contributed by atoms with Gasteiger partial charge in [0, 0.05) is 35.2 Å². The van der Waals surface area contributed by atoms with Crippen LogP contribution >= 0.6 is 0 Å². The van der Waals surface area contributed by atoms with E-state index < -0.39 is 12.1 Å². The Morgan fingerprint density at radius 1 is 1.14 bits per heavy atom. The van der Waals surface area contributed by atoms with Crippen LogP contribution in [0.5, 0.6) is 5.75 Å². The lowest BCUT2D eigenvalue weighted by Gasteiger charge is -2.24. The number of hydrogen-bond donors (Lipinski definition) is 1. The molecule has 1 aliphatic rings. The van der Waals surface area contributed by atoms with Crippen LogP contribution in [0.15, 0.2) is 71.6 Å². The van der Waals surface area contributed by atoms with Crippen molar-refractivity contribution < 1.29 is 28.6 Å². The van der Waals surface area contributed by atoms with E-state index in [1.165, 1.54) is 11.2 Å². The van der Waals surface area contributed by atoms with Crippen molar-refractivity contribution in [2.75, 3.05) is 11.5 Å². The van der Waals surface area contributed by atoms with Crippen LogP contribution in [0.1, 0.15) is 28.5 Å². The Kier molecular flexibility index (Phi) is 5.88. The third-order valence-corrected chi connectivity index (χ3v) is 5.59. The van der Waals surface area contributed by atoms with Crippen molar-refractivity contribution in [1.82, 2.24) is 9.97 Å². The molecule has 0 fully saturated rings. The van der Waals surface area contributed by atoms with Gasteiger partial charge in [-0.25, -0.2) is 14.6 Å². The van der Waals surface area contributed by atoms with E-state index in [4.69, 9.17) is 13.9 Å². The zero-order valence-electron chi connectivity index (χ0n) is 18.8. The summed E-state index contributed by atoms with van der Waals surface area (Å²) < 4.78 is 16.2. The van der Waals surface area contributed by atoms with Crippen LogP contribution in [-0.4, -0.2) is 33.7 Å². The fourth-order valence-corrected chi connectivity index (χ4v) is 3.94. The number of nitrogens with zero attached hydrogens (tertiary/aromatic N) is 3. The number of rotatable bonds is 6. The highest BCUT2D eigenvalue weighted by atomic mass is 16.5. The summed E-state index contributed by atoms with van der Waals surface area (Å²) in [6.45, 7) is 2.41. The molecule has 176 valence electrons. The topological polar surface area (TPSA) is 115 Å². The summed E-state index contributed by atoms with van der Waals surface area (Å²) in [7, 11) is 0. The fraction of sp³-hybridized carbons (Fsp3) is 0.154. The number of benzene rings is 2. The predicted octanol–water partition coefficient (Wildman–Crippen LogP) is 5.16. The second-order valence-corrected chi connectivity index (χ2v) is 7.83. The molecule has 4 aromatic rings. The second kappa shape index (κ2) is 9.30. The van der Waals surface area contributed by atoms with Gasteiger partial charge in [0.2, 0.25) is 5.89 Å². The van der Waals surface area contributed by atoms with Crippen molar-refractivity contribution in [3.8, 4) is 28.3 Å². The molecule has 2 aromatic heterocycles. The molecule has 0 aliphatic carbocycles. The summed E-state index contributed by atoms with van der Waals surface area (Å²) in [5, 5.41) is 9.95. The minimum absolute atomic E-state index is 0.0748. The zero-order chi connectivity index (χ0) is 24.4. The average Bonchev–Trinajstić information content (AvgIpc) is 3.38. The molecule has 9 heteroatoms. The van der Waals surface area contributed by atoms with E-state index >= 15 is 0 Å². The Labute approximate surface area is 200 Å². The van der Waals surface area contributed by atoms with Gasteiger partial charge in [0.05, 0.1) is 18.8 Å². The first kappa shape index (κ1) is 22.1. The lowest BCUT2D eigenvalue weighted by atomic mass is 9.98. The van der Waals surface area contributed by atoms with Gasteiger partial charge in [-0.2, -0.15) is 0 Å². The van der Waals surface area contributed by atoms with Crippen LogP contribution in [0, 0.1) is 0 Å². The van der Waals surface area contributed by atoms with Crippen molar-refractivity contribution in [3.05, 3.63) is 84.0 Å². The molecule has 0 bridgehead atoms. The quantitative estimate of drug-likeness (QED) is 0.384. The third kappa shape index (κ3) is 4.43. The minimum atomic E-state index is -1.10.